The van der Waals surface area contributed by atoms with Gasteiger partial charge < -0.3 is 4.57 Å². The Balaban J connectivity index is 2.19. The second-order valence-corrected chi connectivity index (χ2v) is 7.25. The first-order chi connectivity index (χ1) is 8.89. The molecule has 2 aromatic rings. The molecule has 1 aromatic carbocycles. The summed E-state index contributed by atoms with van der Waals surface area (Å²) in [5.74, 6) is 0.533. The first-order valence-electron chi connectivity index (χ1n) is 6.39. The van der Waals surface area contributed by atoms with Gasteiger partial charge in [-0.15, -0.1) is 11.6 Å². The fourth-order valence-electron chi connectivity index (χ4n) is 2.36. The summed E-state index contributed by atoms with van der Waals surface area (Å²) in [6.45, 7) is 5.06. The van der Waals surface area contributed by atoms with Crippen LogP contribution in [0.25, 0.3) is 11.0 Å². The molecule has 5 heteroatoms. The van der Waals surface area contributed by atoms with Crippen LogP contribution in [0.3, 0.4) is 0 Å². The standard InChI is InChI=1S/C14H15BrClFN2/c1-8(16)13-18-11-6-10(17)9(15)5-12(11)19(13)7-14(2)3-4-14/h5-6,8H,3-4,7H2,1-2H3. The van der Waals surface area contributed by atoms with Gasteiger partial charge in [0.15, 0.2) is 0 Å². The maximum atomic E-state index is 13.6. The Kier molecular flexibility index (Phi) is 3.13. The van der Waals surface area contributed by atoms with E-state index < -0.39 is 0 Å². The van der Waals surface area contributed by atoms with Crippen molar-refractivity contribution in [1.82, 2.24) is 9.55 Å². The molecule has 0 N–H and O–H groups in total. The van der Waals surface area contributed by atoms with E-state index in [-0.39, 0.29) is 11.2 Å². The Morgan fingerprint density at radius 1 is 1.53 bits per heavy atom. The van der Waals surface area contributed by atoms with Crippen molar-refractivity contribution in [3.8, 4) is 0 Å². The van der Waals surface area contributed by atoms with Crippen LogP contribution in [0.1, 0.15) is 37.9 Å². The van der Waals surface area contributed by atoms with E-state index >= 15 is 0 Å². The van der Waals surface area contributed by atoms with Crippen molar-refractivity contribution in [2.45, 2.75) is 38.6 Å². The highest BCUT2D eigenvalue weighted by molar-refractivity contribution is 9.10. The number of benzene rings is 1. The molecular formula is C14H15BrClFN2. The number of hydrogen-bond acceptors (Lipinski definition) is 1. The summed E-state index contributed by atoms with van der Waals surface area (Å²) in [5, 5.41) is -0.184. The van der Waals surface area contributed by atoms with Crippen molar-refractivity contribution in [3.63, 3.8) is 0 Å². The Bertz CT molecular complexity index is 646. The maximum Gasteiger partial charge on any atom is 0.139 e. The predicted octanol–water partition coefficient (Wildman–Crippen LogP) is 5.04. The maximum absolute atomic E-state index is 13.6. The normalized spacial score (nSPS) is 18.8. The lowest BCUT2D eigenvalue weighted by molar-refractivity contribution is 0.461. The Morgan fingerprint density at radius 2 is 2.21 bits per heavy atom. The van der Waals surface area contributed by atoms with Crippen LogP contribution in [0, 0.1) is 11.2 Å². The molecule has 0 amide bonds. The van der Waals surface area contributed by atoms with Crippen LogP contribution in [0.15, 0.2) is 16.6 Å². The largest absolute Gasteiger partial charge is 0.326 e. The monoisotopic (exact) mass is 344 g/mol. The van der Waals surface area contributed by atoms with Crippen LogP contribution in [0.4, 0.5) is 4.39 Å². The summed E-state index contributed by atoms with van der Waals surface area (Å²) in [6, 6.07) is 3.26. The highest BCUT2D eigenvalue weighted by Gasteiger charge is 2.38. The third kappa shape index (κ3) is 2.40. The third-order valence-corrected chi connectivity index (χ3v) is 4.62. The summed E-state index contributed by atoms with van der Waals surface area (Å²) < 4.78 is 16.2. The molecule has 1 atom stereocenters. The van der Waals surface area contributed by atoms with Crippen LogP contribution < -0.4 is 0 Å². The second kappa shape index (κ2) is 4.45. The van der Waals surface area contributed by atoms with Gasteiger partial charge in [-0.3, -0.25) is 0 Å². The molecule has 1 fully saturated rings. The molecule has 2 nitrogen and oxygen atoms in total. The molecular weight excluding hydrogens is 331 g/mol. The minimum atomic E-state index is -0.288. The summed E-state index contributed by atoms with van der Waals surface area (Å²) in [6.07, 6.45) is 2.45. The van der Waals surface area contributed by atoms with Crippen molar-refractivity contribution in [2.24, 2.45) is 5.41 Å². The Labute approximate surface area is 125 Å². The topological polar surface area (TPSA) is 17.8 Å². The lowest BCUT2D eigenvalue weighted by Gasteiger charge is -2.15. The second-order valence-electron chi connectivity index (χ2n) is 5.74. The van der Waals surface area contributed by atoms with E-state index in [4.69, 9.17) is 11.6 Å². The van der Waals surface area contributed by atoms with Gasteiger partial charge in [0.2, 0.25) is 0 Å². The van der Waals surface area contributed by atoms with Gasteiger partial charge in [-0.05, 0) is 47.2 Å². The van der Waals surface area contributed by atoms with E-state index in [1.165, 1.54) is 18.9 Å². The molecule has 102 valence electrons. The SMILES string of the molecule is CC(Cl)c1nc2cc(F)c(Br)cc2n1CC1(C)CC1. The van der Waals surface area contributed by atoms with Crippen LogP contribution in [0.2, 0.25) is 0 Å². The third-order valence-electron chi connectivity index (χ3n) is 3.82. The number of imidazole rings is 1. The van der Waals surface area contributed by atoms with E-state index in [0.29, 0.717) is 15.4 Å². The molecule has 1 aromatic heterocycles. The van der Waals surface area contributed by atoms with Gasteiger partial charge in [0.05, 0.1) is 20.9 Å². The summed E-state index contributed by atoms with van der Waals surface area (Å²) in [4.78, 5) is 4.50. The molecule has 1 unspecified atom stereocenters. The molecule has 1 aliphatic carbocycles. The smallest absolute Gasteiger partial charge is 0.139 e. The first-order valence-corrected chi connectivity index (χ1v) is 7.62. The van der Waals surface area contributed by atoms with E-state index in [1.807, 2.05) is 6.92 Å². The number of fused-ring (bicyclic) bond motifs is 1. The van der Waals surface area contributed by atoms with Gasteiger partial charge in [-0.2, -0.15) is 0 Å². The van der Waals surface area contributed by atoms with Crippen LogP contribution in [-0.2, 0) is 6.54 Å². The molecule has 19 heavy (non-hydrogen) atoms. The number of halogens is 3. The van der Waals surface area contributed by atoms with Gasteiger partial charge in [0, 0.05) is 12.6 Å². The van der Waals surface area contributed by atoms with Gasteiger partial charge in [-0.1, -0.05) is 6.92 Å². The van der Waals surface area contributed by atoms with Crippen molar-refractivity contribution in [2.75, 3.05) is 0 Å². The molecule has 1 heterocycles. The summed E-state index contributed by atoms with van der Waals surface area (Å²) in [5.41, 5.74) is 1.96. The van der Waals surface area contributed by atoms with Gasteiger partial charge in [0.1, 0.15) is 11.6 Å². The van der Waals surface area contributed by atoms with Crippen molar-refractivity contribution < 1.29 is 4.39 Å². The lowest BCUT2D eigenvalue weighted by atomic mass is 10.1. The predicted molar refractivity (Wildman–Crippen MR) is 79.0 cm³/mol. The number of nitrogens with zero attached hydrogens (tertiary/aromatic N) is 2. The highest BCUT2D eigenvalue weighted by Crippen LogP contribution is 2.47. The molecule has 1 saturated carbocycles. The van der Waals surface area contributed by atoms with Crippen molar-refractivity contribution in [1.29, 1.82) is 0 Å². The van der Waals surface area contributed by atoms with E-state index in [9.17, 15) is 4.39 Å². The minimum absolute atomic E-state index is 0.184. The Morgan fingerprint density at radius 3 is 2.79 bits per heavy atom. The van der Waals surface area contributed by atoms with Gasteiger partial charge >= 0.3 is 0 Å². The van der Waals surface area contributed by atoms with Gasteiger partial charge in [0.25, 0.3) is 0 Å². The average molecular weight is 346 g/mol. The van der Waals surface area contributed by atoms with Gasteiger partial charge in [-0.25, -0.2) is 9.37 Å². The quantitative estimate of drug-likeness (QED) is 0.713. The highest BCUT2D eigenvalue weighted by atomic mass is 79.9. The lowest BCUT2D eigenvalue weighted by Crippen LogP contribution is -2.11. The van der Waals surface area contributed by atoms with Crippen LogP contribution in [-0.4, -0.2) is 9.55 Å². The molecule has 0 bridgehead atoms. The molecule has 0 saturated heterocycles. The average Bonchev–Trinajstić information content (AvgIpc) is 2.96. The number of alkyl halides is 1. The fraction of sp³-hybridized carbons (Fsp3) is 0.500. The van der Waals surface area contributed by atoms with Crippen molar-refractivity contribution in [3.05, 3.63) is 28.2 Å². The molecule has 0 aliphatic heterocycles. The van der Waals surface area contributed by atoms with E-state index in [1.54, 1.807) is 6.07 Å². The Hall–Kier alpha value is -0.610. The zero-order valence-electron chi connectivity index (χ0n) is 10.9. The molecule has 0 spiro atoms. The number of aromatic nitrogens is 2. The first kappa shape index (κ1) is 13.4. The van der Waals surface area contributed by atoms with Crippen LogP contribution in [0.5, 0.6) is 0 Å². The zero-order valence-corrected chi connectivity index (χ0v) is 13.2. The zero-order chi connectivity index (χ0) is 13.8. The molecule has 1 aliphatic rings. The van der Waals surface area contributed by atoms with E-state index in [0.717, 1.165) is 17.9 Å². The summed E-state index contributed by atoms with van der Waals surface area (Å²) >= 11 is 9.46. The minimum Gasteiger partial charge on any atom is -0.326 e. The fourth-order valence-corrected chi connectivity index (χ4v) is 2.86. The molecule has 3 rings (SSSR count). The summed E-state index contributed by atoms with van der Waals surface area (Å²) in [7, 11) is 0. The van der Waals surface area contributed by atoms with Crippen LogP contribution >= 0.6 is 27.5 Å². The molecule has 0 radical (unpaired) electrons. The number of rotatable bonds is 3. The van der Waals surface area contributed by atoms with E-state index in [2.05, 4.69) is 32.4 Å². The van der Waals surface area contributed by atoms with Crippen molar-refractivity contribution >= 4 is 38.6 Å². The number of hydrogen-bond donors (Lipinski definition) is 0.